The van der Waals surface area contributed by atoms with E-state index in [-0.39, 0.29) is 11.6 Å². The monoisotopic (exact) mass is 267 g/mol. The Bertz CT molecular complexity index is 649. The highest BCUT2D eigenvalue weighted by Crippen LogP contribution is 2.15. The number of hydrogen-bond donors (Lipinski definition) is 1. The molecule has 0 unspecified atom stereocenters. The zero-order valence-corrected chi connectivity index (χ0v) is 10.6. The van der Waals surface area contributed by atoms with Crippen LogP contribution in [0.4, 0.5) is 5.69 Å². The Labute approximate surface area is 105 Å². The van der Waals surface area contributed by atoms with Crippen LogP contribution in [-0.4, -0.2) is 24.8 Å². The van der Waals surface area contributed by atoms with Gasteiger partial charge in [0.15, 0.2) is 15.7 Å². The van der Waals surface area contributed by atoms with Crippen LogP contribution in [0.1, 0.15) is 17.3 Å². The molecule has 7 heteroatoms. The Kier molecular flexibility index (Phi) is 3.33. The second-order valence-corrected chi connectivity index (χ2v) is 6.19. The predicted molar refractivity (Wildman–Crippen MR) is 66.5 cm³/mol. The molecule has 0 saturated heterocycles. The predicted octanol–water partition coefficient (Wildman–Crippen LogP) is 0.787. The molecule has 0 fully saturated rings. The van der Waals surface area contributed by atoms with Gasteiger partial charge in [0.05, 0.1) is 6.42 Å². The van der Waals surface area contributed by atoms with Gasteiger partial charge in [-0.15, -0.1) is 0 Å². The summed E-state index contributed by atoms with van der Waals surface area (Å²) in [4.78, 5) is 4.02. The molecule has 0 saturated carbocycles. The van der Waals surface area contributed by atoms with Gasteiger partial charge in [-0.2, -0.15) is 4.98 Å². The summed E-state index contributed by atoms with van der Waals surface area (Å²) in [5.74, 6) is 0.300. The van der Waals surface area contributed by atoms with Crippen molar-refractivity contribution in [3.8, 4) is 0 Å². The minimum atomic E-state index is -3.15. The van der Waals surface area contributed by atoms with Crippen LogP contribution in [0.25, 0.3) is 0 Å². The molecule has 0 aliphatic rings. The zero-order chi connectivity index (χ0) is 13.2. The highest BCUT2D eigenvalue weighted by molar-refractivity contribution is 7.89. The number of benzene rings is 1. The van der Waals surface area contributed by atoms with E-state index in [0.29, 0.717) is 18.0 Å². The molecule has 1 heterocycles. The molecular formula is C11H13N3O3S. The minimum absolute atomic E-state index is 0.169. The number of nitrogens with two attached hydrogens (primary N) is 1. The number of hydrogen-bond acceptors (Lipinski definition) is 6. The average molecular weight is 267 g/mol. The van der Waals surface area contributed by atoms with Gasteiger partial charge in [0.2, 0.25) is 5.89 Å². The smallest absolute Gasteiger partial charge is 0.231 e. The van der Waals surface area contributed by atoms with Gasteiger partial charge >= 0.3 is 0 Å². The van der Waals surface area contributed by atoms with Gasteiger partial charge in [0.1, 0.15) is 5.75 Å². The Morgan fingerprint density at radius 1 is 1.33 bits per heavy atom. The van der Waals surface area contributed by atoms with Crippen LogP contribution in [0.2, 0.25) is 0 Å². The van der Waals surface area contributed by atoms with Crippen molar-refractivity contribution in [3.05, 3.63) is 41.5 Å². The quantitative estimate of drug-likeness (QED) is 0.822. The van der Waals surface area contributed by atoms with Gasteiger partial charge < -0.3 is 10.3 Å². The van der Waals surface area contributed by atoms with E-state index in [1.54, 1.807) is 6.07 Å². The lowest BCUT2D eigenvalue weighted by Gasteiger charge is -2.00. The minimum Gasteiger partial charge on any atom is -0.398 e. The van der Waals surface area contributed by atoms with Crippen LogP contribution in [0.3, 0.4) is 0 Å². The SMILES string of the molecule is CS(=O)(=O)Cc1noc(Cc2ccccc2N)n1. The van der Waals surface area contributed by atoms with E-state index in [2.05, 4.69) is 10.1 Å². The number of rotatable bonds is 4. The molecule has 0 radical (unpaired) electrons. The lowest BCUT2D eigenvalue weighted by atomic mass is 10.1. The van der Waals surface area contributed by atoms with E-state index in [0.717, 1.165) is 11.8 Å². The fourth-order valence-electron chi connectivity index (χ4n) is 1.51. The number of sulfone groups is 1. The van der Waals surface area contributed by atoms with E-state index in [1.165, 1.54) is 0 Å². The van der Waals surface area contributed by atoms with Crippen molar-refractivity contribution in [2.24, 2.45) is 0 Å². The maximum absolute atomic E-state index is 11.1. The summed E-state index contributed by atoms with van der Waals surface area (Å²) in [5.41, 5.74) is 7.30. The first kappa shape index (κ1) is 12.6. The van der Waals surface area contributed by atoms with Crippen molar-refractivity contribution in [2.75, 3.05) is 12.0 Å². The molecule has 0 aliphatic carbocycles. The molecule has 0 aliphatic heterocycles. The van der Waals surface area contributed by atoms with E-state index >= 15 is 0 Å². The zero-order valence-electron chi connectivity index (χ0n) is 9.83. The number of nitrogen functional groups attached to an aromatic ring is 1. The van der Waals surface area contributed by atoms with Gasteiger partial charge in [-0.3, -0.25) is 0 Å². The van der Waals surface area contributed by atoms with Crippen molar-refractivity contribution >= 4 is 15.5 Å². The third-order valence-corrected chi connectivity index (χ3v) is 3.08. The van der Waals surface area contributed by atoms with Crippen molar-refractivity contribution < 1.29 is 12.9 Å². The second kappa shape index (κ2) is 4.77. The highest BCUT2D eigenvalue weighted by Gasteiger charge is 2.13. The summed E-state index contributed by atoms with van der Waals surface area (Å²) in [6.45, 7) is 0. The second-order valence-electron chi connectivity index (χ2n) is 4.05. The summed E-state index contributed by atoms with van der Waals surface area (Å²) >= 11 is 0. The van der Waals surface area contributed by atoms with Gasteiger partial charge in [-0.05, 0) is 11.6 Å². The molecule has 0 bridgehead atoms. The van der Waals surface area contributed by atoms with Crippen molar-refractivity contribution in [2.45, 2.75) is 12.2 Å². The lowest BCUT2D eigenvalue weighted by Crippen LogP contribution is -2.02. The summed E-state index contributed by atoms with van der Waals surface area (Å²) < 4.78 is 27.1. The van der Waals surface area contributed by atoms with Gasteiger partial charge in [0.25, 0.3) is 0 Å². The molecule has 2 rings (SSSR count). The van der Waals surface area contributed by atoms with Crippen molar-refractivity contribution in [1.29, 1.82) is 0 Å². The Hall–Kier alpha value is -1.89. The maximum Gasteiger partial charge on any atom is 0.231 e. The molecule has 1 aromatic carbocycles. The van der Waals surface area contributed by atoms with Crippen LogP contribution in [0.15, 0.2) is 28.8 Å². The van der Waals surface area contributed by atoms with Crippen molar-refractivity contribution in [3.63, 3.8) is 0 Å². The molecular weight excluding hydrogens is 254 g/mol. The molecule has 96 valence electrons. The number of nitrogens with zero attached hydrogens (tertiary/aromatic N) is 2. The first-order valence-corrected chi connectivity index (χ1v) is 7.32. The molecule has 18 heavy (non-hydrogen) atoms. The molecule has 2 N–H and O–H groups in total. The van der Waals surface area contributed by atoms with Crippen molar-refractivity contribution in [1.82, 2.24) is 10.1 Å². The summed E-state index contributed by atoms with van der Waals surface area (Å²) in [7, 11) is -3.15. The standard InChI is InChI=1S/C11H13N3O3S/c1-18(15,16)7-10-13-11(17-14-10)6-8-4-2-3-5-9(8)12/h2-5H,6-7,12H2,1H3. The molecule has 0 amide bonds. The van der Waals surface area contributed by atoms with Crippen LogP contribution >= 0.6 is 0 Å². The van der Waals surface area contributed by atoms with E-state index in [4.69, 9.17) is 10.3 Å². The first-order chi connectivity index (χ1) is 8.44. The first-order valence-electron chi connectivity index (χ1n) is 5.26. The van der Waals surface area contributed by atoms with Gasteiger partial charge in [0, 0.05) is 11.9 Å². The fourth-order valence-corrected chi connectivity index (χ4v) is 2.10. The largest absolute Gasteiger partial charge is 0.398 e. The van der Waals surface area contributed by atoms with Crippen LogP contribution in [0, 0.1) is 0 Å². The van der Waals surface area contributed by atoms with E-state index < -0.39 is 9.84 Å². The fraction of sp³-hybridized carbons (Fsp3) is 0.273. The number of para-hydroxylation sites is 1. The topological polar surface area (TPSA) is 99.1 Å². The number of aromatic nitrogens is 2. The third kappa shape index (κ3) is 3.30. The van der Waals surface area contributed by atoms with Gasteiger partial charge in [-0.25, -0.2) is 8.42 Å². The van der Waals surface area contributed by atoms with Gasteiger partial charge in [-0.1, -0.05) is 23.4 Å². The third-order valence-electron chi connectivity index (χ3n) is 2.30. The molecule has 0 atom stereocenters. The molecule has 0 spiro atoms. The Morgan fingerprint density at radius 2 is 2.06 bits per heavy atom. The normalized spacial score (nSPS) is 11.6. The lowest BCUT2D eigenvalue weighted by molar-refractivity contribution is 0.380. The highest BCUT2D eigenvalue weighted by atomic mass is 32.2. The summed E-state index contributed by atoms with van der Waals surface area (Å²) in [6.07, 6.45) is 1.52. The number of anilines is 1. The maximum atomic E-state index is 11.1. The summed E-state index contributed by atoms with van der Waals surface area (Å²) in [6, 6.07) is 7.33. The average Bonchev–Trinajstić information content (AvgIpc) is 2.66. The molecule has 1 aromatic heterocycles. The van der Waals surface area contributed by atoms with Crippen LogP contribution in [0.5, 0.6) is 0 Å². The molecule has 6 nitrogen and oxygen atoms in total. The van der Waals surface area contributed by atoms with E-state index in [1.807, 2.05) is 18.2 Å². The summed E-state index contributed by atoms with van der Waals surface area (Å²) in [5, 5.41) is 3.62. The Morgan fingerprint density at radius 3 is 2.72 bits per heavy atom. The van der Waals surface area contributed by atoms with Crippen LogP contribution in [-0.2, 0) is 22.0 Å². The molecule has 2 aromatic rings. The van der Waals surface area contributed by atoms with Crippen LogP contribution < -0.4 is 5.73 Å². The van der Waals surface area contributed by atoms with E-state index in [9.17, 15) is 8.42 Å². The Balaban J connectivity index is 2.14.